The Kier molecular flexibility index (Phi) is 14.1. The molecule has 0 fully saturated rings. The molecule has 0 aliphatic rings. The molecule has 0 rings (SSSR count). The van der Waals surface area contributed by atoms with E-state index >= 15 is 0 Å². The van der Waals surface area contributed by atoms with E-state index < -0.39 is 25.9 Å². The van der Waals surface area contributed by atoms with Gasteiger partial charge in [0.2, 0.25) is 0 Å². The first-order chi connectivity index (χ1) is 5.25. The SMILES string of the molecule is O=S(=O)([O-])C(F)(F)F.[Ag+].[Ag+].[O-][Cl+3]([O-])([O-])[O-]. The van der Waals surface area contributed by atoms with Crippen molar-refractivity contribution in [3.05, 3.63) is 0 Å². The quantitative estimate of drug-likeness (QED) is 0.199. The van der Waals surface area contributed by atoms with Crippen molar-refractivity contribution >= 4 is 10.1 Å². The van der Waals surface area contributed by atoms with Crippen LogP contribution in [0.4, 0.5) is 13.2 Å². The Bertz CT molecular complexity index is 238. The molecule has 0 saturated heterocycles. The average Bonchev–Trinajstić information content (AvgIpc) is 1.50. The summed E-state index contributed by atoms with van der Waals surface area (Å²) < 4.78 is 92.9. The van der Waals surface area contributed by atoms with Crippen LogP contribution in [0.2, 0.25) is 0 Å². The first-order valence-corrected chi connectivity index (χ1v) is 4.53. The van der Waals surface area contributed by atoms with Gasteiger partial charge in [-0.2, -0.15) is 13.2 Å². The molecule has 0 heterocycles. The van der Waals surface area contributed by atoms with E-state index in [4.69, 9.17) is 31.6 Å². The zero-order valence-corrected chi connectivity index (χ0v) is 10.4. The van der Waals surface area contributed by atoms with Gasteiger partial charge >= 0.3 is 50.3 Å². The number of hydrogen-bond acceptors (Lipinski definition) is 7. The average molecular weight is 464 g/mol. The van der Waals surface area contributed by atoms with Gasteiger partial charge in [0, 0.05) is 0 Å². The fourth-order valence-electron chi connectivity index (χ4n) is 0. The molecule has 0 unspecified atom stereocenters. The summed E-state index contributed by atoms with van der Waals surface area (Å²) in [4.78, 5) is 0. The second-order valence-electron chi connectivity index (χ2n) is 1.28. The largest absolute Gasteiger partial charge is 1.00 e. The van der Waals surface area contributed by atoms with E-state index in [-0.39, 0.29) is 44.8 Å². The van der Waals surface area contributed by atoms with Crippen LogP contribution in [0.25, 0.3) is 0 Å². The van der Waals surface area contributed by atoms with Gasteiger partial charge in [-0.1, -0.05) is 0 Å². The van der Waals surface area contributed by atoms with Crippen LogP contribution < -0.4 is 18.6 Å². The van der Waals surface area contributed by atoms with Crippen LogP contribution in [0.1, 0.15) is 0 Å². The topological polar surface area (TPSA) is 149 Å². The Balaban J connectivity index is -0.0000000770. The molecule has 0 aliphatic carbocycles. The minimum Gasteiger partial charge on any atom is -0.741 e. The van der Waals surface area contributed by atoms with Gasteiger partial charge in [-0.3, -0.25) is 0 Å². The van der Waals surface area contributed by atoms with E-state index in [1.165, 1.54) is 0 Å². The van der Waals surface area contributed by atoms with Crippen molar-refractivity contribution in [2.45, 2.75) is 5.51 Å². The molecule has 0 amide bonds. The van der Waals surface area contributed by atoms with Crippen LogP contribution in [0.5, 0.6) is 0 Å². The van der Waals surface area contributed by atoms with Crippen molar-refractivity contribution in [1.29, 1.82) is 0 Å². The molecule has 0 atom stereocenters. The molecule has 0 bridgehead atoms. The molecule has 0 saturated carbocycles. The maximum atomic E-state index is 10.7. The van der Waals surface area contributed by atoms with Gasteiger partial charge in [0.1, 0.15) is 0 Å². The summed E-state index contributed by atoms with van der Waals surface area (Å²) in [6.07, 6.45) is 0. The van der Waals surface area contributed by atoms with E-state index in [2.05, 4.69) is 0 Å². The van der Waals surface area contributed by atoms with Crippen molar-refractivity contribution in [3.63, 3.8) is 0 Å². The summed E-state index contributed by atoms with van der Waals surface area (Å²) in [6, 6.07) is 0. The summed E-state index contributed by atoms with van der Waals surface area (Å²) in [5.41, 5.74) is -5.65. The number of halogens is 4. The van der Waals surface area contributed by atoms with Gasteiger partial charge in [-0.25, -0.2) is 27.1 Å². The van der Waals surface area contributed by atoms with Crippen LogP contribution >= 0.6 is 0 Å². The molecule has 0 aromatic carbocycles. The second kappa shape index (κ2) is 8.41. The van der Waals surface area contributed by atoms with Crippen LogP contribution in [0.15, 0.2) is 0 Å². The fraction of sp³-hybridized carbons (Fsp3) is 1.00. The Hall–Kier alpha value is 1.31. The number of hydrogen-bond donors (Lipinski definition) is 0. The monoisotopic (exact) mass is 462 g/mol. The first kappa shape index (κ1) is 25.2. The Morgan fingerprint density at radius 3 is 1.00 bits per heavy atom. The summed E-state index contributed by atoms with van der Waals surface area (Å²) in [6.45, 7) is 0. The third-order valence-electron chi connectivity index (χ3n) is 0.283. The Morgan fingerprint density at radius 2 is 1.00 bits per heavy atom. The van der Waals surface area contributed by atoms with Crippen molar-refractivity contribution in [2.24, 2.45) is 0 Å². The van der Waals surface area contributed by atoms with Gasteiger partial charge < -0.3 is 4.55 Å². The standard InChI is InChI=1S/CHF3O3S.2Ag.ClHO4/c2-1(3,4)8(5,6)7;;;2-1(3,4)5/h(H,5,6,7);;;(H,2,3,4,5)/q;2*+1;/p-2. The minimum atomic E-state index is -6.09. The van der Waals surface area contributed by atoms with E-state index in [0.29, 0.717) is 0 Å². The second-order valence-corrected chi connectivity index (χ2v) is 3.40. The molecule has 102 valence electrons. The molecular formula is CAg2ClF3O7S. The Labute approximate surface area is 115 Å². The summed E-state index contributed by atoms with van der Waals surface area (Å²) in [5, 5.41) is 0. The van der Waals surface area contributed by atoms with E-state index in [1.807, 2.05) is 0 Å². The predicted octanol–water partition coefficient (Wildman–Crippen LogP) is -4.71. The molecule has 0 radical (unpaired) electrons. The van der Waals surface area contributed by atoms with Gasteiger partial charge in [0.15, 0.2) is 10.1 Å². The van der Waals surface area contributed by atoms with Crippen LogP contribution in [0, 0.1) is 10.2 Å². The summed E-state index contributed by atoms with van der Waals surface area (Å²) in [7, 11) is -11.0. The van der Waals surface area contributed by atoms with Crippen LogP contribution in [-0.4, -0.2) is 18.5 Å². The normalized spacial score (nSPS) is 11.5. The summed E-state index contributed by atoms with van der Waals surface area (Å²) >= 11 is 0. The Morgan fingerprint density at radius 1 is 0.933 bits per heavy atom. The maximum absolute atomic E-state index is 10.7. The summed E-state index contributed by atoms with van der Waals surface area (Å²) in [5.74, 6) is 0. The molecule has 0 aliphatic heterocycles. The van der Waals surface area contributed by atoms with Crippen molar-refractivity contribution < 1.29 is 99.8 Å². The van der Waals surface area contributed by atoms with Gasteiger partial charge in [0.05, 0.1) is 0 Å². The van der Waals surface area contributed by atoms with Crippen molar-refractivity contribution in [2.75, 3.05) is 0 Å². The van der Waals surface area contributed by atoms with Crippen LogP contribution in [-0.2, 0) is 54.9 Å². The van der Waals surface area contributed by atoms with Crippen molar-refractivity contribution in [1.82, 2.24) is 0 Å². The maximum Gasteiger partial charge on any atom is 1.00 e. The fourth-order valence-corrected chi connectivity index (χ4v) is 0. The first-order valence-electron chi connectivity index (χ1n) is 1.89. The molecule has 7 nitrogen and oxygen atoms in total. The molecule has 15 heavy (non-hydrogen) atoms. The molecule has 0 aromatic rings. The van der Waals surface area contributed by atoms with Crippen LogP contribution in [0.3, 0.4) is 0 Å². The van der Waals surface area contributed by atoms with Gasteiger partial charge in [-0.05, 0) is 0 Å². The third-order valence-corrected chi connectivity index (χ3v) is 0.850. The third kappa shape index (κ3) is 25.5. The van der Waals surface area contributed by atoms with Gasteiger partial charge in [0.25, 0.3) is 0 Å². The zero-order chi connectivity index (χ0) is 11.5. The van der Waals surface area contributed by atoms with Crippen molar-refractivity contribution in [3.8, 4) is 0 Å². The van der Waals surface area contributed by atoms with E-state index in [1.54, 1.807) is 0 Å². The molecule has 14 heteroatoms. The number of alkyl halides is 3. The number of rotatable bonds is 0. The van der Waals surface area contributed by atoms with E-state index in [9.17, 15) is 13.2 Å². The van der Waals surface area contributed by atoms with E-state index in [0.717, 1.165) is 0 Å². The predicted molar refractivity (Wildman–Crippen MR) is 15.8 cm³/mol. The molecular weight excluding hydrogens is 464 g/mol. The molecule has 0 N–H and O–H groups in total. The smallest absolute Gasteiger partial charge is 0.741 e. The zero-order valence-electron chi connectivity index (χ0n) is 5.88. The minimum absolute atomic E-state index is 0. The molecule has 0 aromatic heterocycles. The molecule has 0 spiro atoms. The van der Waals surface area contributed by atoms with Gasteiger partial charge in [-0.15, -0.1) is 10.2 Å².